The Labute approximate surface area is 146 Å². The lowest BCUT2D eigenvalue weighted by Crippen LogP contribution is -2.38. The molecule has 0 saturated carbocycles. The van der Waals surface area contributed by atoms with Crippen molar-refractivity contribution in [3.63, 3.8) is 0 Å². The number of halogens is 1. The number of pyridine rings is 1. The van der Waals surface area contributed by atoms with Crippen molar-refractivity contribution in [2.45, 2.75) is 25.3 Å². The summed E-state index contributed by atoms with van der Waals surface area (Å²) in [4.78, 5) is 22.9. The second-order valence-corrected chi connectivity index (χ2v) is 6.37. The topological polar surface area (TPSA) is 60.2 Å². The molecule has 0 spiro atoms. The van der Waals surface area contributed by atoms with Gasteiger partial charge in [0.15, 0.2) is 0 Å². The molecule has 0 aromatic carbocycles. The molecular formula is C17H21ClN4O2. The van der Waals surface area contributed by atoms with Gasteiger partial charge in [-0.3, -0.25) is 9.78 Å². The number of methoxy groups -OCH3 is 1. The molecule has 0 radical (unpaired) electrons. The third-order valence-corrected chi connectivity index (χ3v) is 4.59. The second kappa shape index (κ2) is 7.77. The number of carbonyl (C=O) groups excluding carboxylic acids is 1. The second-order valence-electron chi connectivity index (χ2n) is 5.93. The number of amides is 1. The van der Waals surface area contributed by atoms with Gasteiger partial charge in [0.2, 0.25) is 0 Å². The fraction of sp³-hybridized carbons (Fsp3) is 0.471. The van der Waals surface area contributed by atoms with E-state index in [4.69, 9.17) is 16.3 Å². The van der Waals surface area contributed by atoms with Crippen LogP contribution in [0.2, 0.25) is 5.02 Å². The zero-order chi connectivity index (χ0) is 16.9. The fourth-order valence-corrected chi connectivity index (χ4v) is 3.29. The Morgan fingerprint density at radius 3 is 2.88 bits per heavy atom. The summed E-state index contributed by atoms with van der Waals surface area (Å²) >= 11 is 5.92. The number of rotatable bonds is 5. The van der Waals surface area contributed by atoms with Crippen molar-refractivity contribution >= 4 is 17.5 Å². The van der Waals surface area contributed by atoms with Crippen LogP contribution in [-0.2, 0) is 11.3 Å². The maximum Gasteiger partial charge on any atom is 0.255 e. The van der Waals surface area contributed by atoms with Crippen molar-refractivity contribution < 1.29 is 9.53 Å². The van der Waals surface area contributed by atoms with Crippen LogP contribution >= 0.6 is 11.6 Å². The predicted octanol–water partition coefficient (Wildman–Crippen LogP) is 2.60. The van der Waals surface area contributed by atoms with E-state index < -0.39 is 0 Å². The molecule has 1 aliphatic rings. The molecule has 2 aromatic rings. The van der Waals surface area contributed by atoms with Crippen LogP contribution in [-0.4, -0.2) is 52.1 Å². The van der Waals surface area contributed by atoms with E-state index >= 15 is 0 Å². The molecule has 128 valence electrons. The Morgan fingerprint density at radius 1 is 1.38 bits per heavy atom. The average molecular weight is 349 g/mol. The molecule has 0 atom stereocenters. The minimum atomic E-state index is -0.00817. The maximum absolute atomic E-state index is 12.5. The van der Waals surface area contributed by atoms with Crippen molar-refractivity contribution in [2.24, 2.45) is 0 Å². The first-order valence-electron chi connectivity index (χ1n) is 8.09. The van der Waals surface area contributed by atoms with E-state index in [1.165, 1.54) is 6.20 Å². The third kappa shape index (κ3) is 3.76. The Bertz CT molecular complexity index is 695. The Kier molecular flexibility index (Phi) is 5.48. The summed E-state index contributed by atoms with van der Waals surface area (Å²) < 4.78 is 7.29. The van der Waals surface area contributed by atoms with Crippen molar-refractivity contribution in [1.82, 2.24) is 19.4 Å². The standard InChI is InChI=1S/C17H21ClN4O2/c1-24-9-8-21-7-4-20-16(21)13-2-5-22(6-3-13)17(23)14-10-15(18)12-19-11-14/h4,7,10-13H,2-3,5-6,8-9H2,1H3. The van der Waals surface area contributed by atoms with Crippen LogP contribution in [0.5, 0.6) is 0 Å². The highest BCUT2D eigenvalue weighted by Crippen LogP contribution is 2.27. The normalized spacial score (nSPS) is 15.7. The number of piperidine rings is 1. The van der Waals surface area contributed by atoms with Gasteiger partial charge in [0.25, 0.3) is 5.91 Å². The summed E-state index contributed by atoms with van der Waals surface area (Å²) in [6.45, 7) is 2.90. The number of hydrogen-bond donors (Lipinski definition) is 0. The zero-order valence-electron chi connectivity index (χ0n) is 13.7. The van der Waals surface area contributed by atoms with E-state index in [0.717, 1.165) is 25.2 Å². The summed E-state index contributed by atoms with van der Waals surface area (Å²) in [5.41, 5.74) is 0.544. The minimum Gasteiger partial charge on any atom is -0.383 e. The lowest BCUT2D eigenvalue weighted by atomic mass is 9.95. The molecule has 1 amide bonds. The molecule has 3 rings (SSSR count). The molecular weight excluding hydrogens is 328 g/mol. The van der Waals surface area contributed by atoms with Crippen LogP contribution in [0.15, 0.2) is 30.9 Å². The zero-order valence-corrected chi connectivity index (χ0v) is 14.4. The number of ether oxygens (including phenoxy) is 1. The van der Waals surface area contributed by atoms with Crippen molar-refractivity contribution in [1.29, 1.82) is 0 Å². The molecule has 1 saturated heterocycles. The predicted molar refractivity (Wildman–Crippen MR) is 91.2 cm³/mol. The number of nitrogens with zero attached hydrogens (tertiary/aromatic N) is 4. The molecule has 0 N–H and O–H groups in total. The number of aromatic nitrogens is 3. The maximum atomic E-state index is 12.5. The highest BCUT2D eigenvalue weighted by atomic mass is 35.5. The number of carbonyl (C=O) groups is 1. The van der Waals surface area contributed by atoms with E-state index in [0.29, 0.717) is 36.2 Å². The fourth-order valence-electron chi connectivity index (χ4n) is 3.11. The third-order valence-electron chi connectivity index (χ3n) is 4.38. The van der Waals surface area contributed by atoms with E-state index in [1.807, 2.05) is 17.3 Å². The monoisotopic (exact) mass is 348 g/mol. The van der Waals surface area contributed by atoms with Crippen LogP contribution in [0, 0.1) is 0 Å². The quantitative estimate of drug-likeness (QED) is 0.833. The molecule has 0 unspecified atom stereocenters. The van der Waals surface area contributed by atoms with Crippen LogP contribution < -0.4 is 0 Å². The largest absolute Gasteiger partial charge is 0.383 e. The lowest BCUT2D eigenvalue weighted by molar-refractivity contribution is 0.0709. The van der Waals surface area contributed by atoms with Crippen LogP contribution in [0.3, 0.4) is 0 Å². The van der Waals surface area contributed by atoms with Crippen molar-refractivity contribution in [3.8, 4) is 0 Å². The van der Waals surface area contributed by atoms with Gasteiger partial charge >= 0.3 is 0 Å². The van der Waals surface area contributed by atoms with E-state index in [-0.39, 0.29) is 5.91 Å². The van der Waals surface area contributed by atoms with Gasteiger partial charge < -0.3 is 14.2 Å². The van der Waals surface area contributed by atoms with Crippen molar-refractivity contribution in [3.05, 3.63) is 47.3 Å². The molecule has 24 heavy (non-hydrogen) atoms. The van der Waals surface area contributed by atoms with Gasteiger partial charge in [-0.05, 0) is 18.9 Å². The minimum absolute atomic E-state index is 0.00817. The molecule has 1 aliphatic heterocycles. The van der Waals surface area contributed by atoms with Gasteiger partial charge in [-0.15, -0.1) is 0 Å². The summed E-state index contributed by atoms with van der Waals surface area (Å²) in [6, 6.07) is 1.67. The number of likely N-dealkylation sites (tertiary alicyclic amines) is 1. The average Bonchev–Trinajstić information content (AvgIpc) is 3.08. The first-order chi connectivity index (χ1) is 11.7. The molecule has 2 aromatic heterocycles. The first kappa shape index (κ1) is 16.9. The SMILES string of the molecule is COCCn1ccnc1C1CCN(C(=O)c2cncc(Cl)c2)CC1. The van der Waals surface area contributed by atoms with Crippen LogP contribution in [0.1, 0.15) is 34.9 Å². The van der Waals surface area contributed by atoms with Gasteiger partial charge in [-0.25, -0.2) is 4.98 Å². The van der Waals surface area contributed by atoms with Gasteiger partial charge in [-0.1, -0.05) is 11.6 Å². The van der Waals surface area contributed by atoms with Crippen LogP contribution in [0.25, 0.3) is 0 Å². The van der Waals surface area contributed by atoms with Gasteiger partial charge in [0.05, 0.1) is 17.2 Å². The highest BCUT2D eigenvalue weighted by Gasteiger charge is 2.27. The molecule has 1 fully saturated rings. The molecule has 6 nitrogen and oxygen atoms in total. The summed E-state index contributed by atoms with van der Waals surface area (Å²) in [7, 11) is 1.70. The molecule has 3 heterocycles. The van der Waals surface area contributed by atoms with Crippen molar-refractivity contribution in [2.75, 3.05) is 26.8 Å². The molecule has 0 aliphatic carbocycles. The Hall–Kier alpha value is -1.92. The van der Waals surface area contributed by atoms with Gasteiger partial charge in [0.1, 0.15) is 5.82 Å². The first-order valence-corrected chi connectivity index (χ1v) is 8.46. The molecule has 0 bridgehead atoms. The summed E-state index contributed by atoms with van der Waals surface area (Å²) in [5, 5.41) is 0.482. The molecule has 7 heteroatoms. The lowest BCUT2D eigenvalue weighted by Gasteiger charge is -2.32. The van der Waals surface area contributed by atoms with E-state index in [2.05, 4.69) is 14.5 Å². The summed E-state index contributed by atoms with van der Waals surface area (Å²) in [5.74, 6) is 1.45. The van der Waals surface area contributed by atoms with E-state index in [9.17, 15) is 4.79 Å². The summed E-state index contributed by atoms with van der Waals surface area (Å²) in [6.07, 6.45) is 8.74. The van der Waals surface area contributed by atoms with E-state index in [1.54, 1.807) is 19.4 Å². The smallest absolute Gasteiger partial charge is 0.255 e. The number of imidazole rings is 1. The Morgan fingerprint density at radius 2 is 2.17 bits per heavy atom. The van der Waals surface area contributed by atoms with Crippen LogP contribution in [0.4, 0.5) is 0 Å². The van der Waals surface area contributed by atoms with Gasteiger partial charge in [-0.2, -0.15) is 0 Å². The van der Waals surface area contributed by atoms with Gasteiger partial charge in [0, 0.05) is 57.4 Å². The number of hydrogen-bond acceptors (Lipinski definition) is 4. The Balaban J connectivity index is 1.62. The highest BCUT2D eigenvalue weighted by molar-refractivity contribution is 6.30.